The maximum Gasteiger partial charge on any atom is 0.262 e. The van der Waals surface area contributed by atoms with Crippen molar-refractivity contribution in [2.45, 2.75) is 19.4 Å². The number of anilines is 1. The van der Waals surface area contributed by atoms with Gasteiger partial charge in [0, 0.05) is 6.07 Å². The van der Waals surface area contributed by atoms with Crippen molar-refractivity contribution in [2.75, 3.05) is 25.0 Å². The number of hydrogen-bond acceptors (Lipinski definition) is 5. The summed E-state index contributed by atoms with van der Waals surface area (Å²) in [5, 5.41) is 3.06. The molecule has 1 aromatic heterocycles. The molecule has 132 valence electrons. The summed E-state index contributed by atoms with van der Waals surface area (Å²) in [7, 11) is 0. The van der Waals surface area contributed by atoms with Crippen LogP contribution in [0.3, 0.4) is 0 Å². The maximum atomic E-state index is 12.1. The highest BCUT2D eigenvalue weighted by molar-refractivity contribution is 6.33. The van der Waals surface area contributed by atoms with E-state index in [0.717, 1.165) is 13.1 Å². The molecule has 7 heteroatoms. The van der Waals surface area contributed by atoms with Gasteiger partial charge in [0.25, 0.3) is 5.91 Å². The maximum absolute atomic E-state index is 12.1. The Labute approximate surface area is 150 Å². The van der Waals surface area contributed by atoms with Crippen molar-refractivity contribution >= 4 is 23.2 Å². The van der Waals surface area contributed by atoms with E-state index >= 15 is 0 Å². The number of benzene rings is 1. The molecular weight excluding hydrogens is 344 g/mol. The first-order valence-electron chi connectivity index (χ1n) is 8.13. The molecular formula is C18H19ClN2O4. The number of rotatable bonds is 6. The van der Waals surface area contributed by atoms with E-state index in [1.807, 2.05) is 0 Å². The number of nitrogens with zero attached hydrogens (tertiary/aromatic N) is 1. The van der Waals surface area contributed by atoms with Crippen molar-refractivity contribution in [2.24, 2.45) is 0 Å². The van der Waals surface area contributed by atoms with Crippen molar-refractivity contribution in [1.29, 1.82) is 0 Å². The fourth-order valence-corrected chi connectivity index (χ4v) is 2.86. The van der Waals surface area contributed by atoms with Crippen LogP contribution in [0.25, 0.3) is 0 Å². The van der Waals surface area contributed by atoms with Crippen molar-refractivity contribution in [1.82, 2.24) is 4.90 Å². The fourth-order valence-electron chi connectivity index (χ4n) is 2.68. The van der Waals surface area contributed by atoms with Crippen LogP contribution in [0.2, 0.25) is 5.02 Å². The van der Waals surface area contributed by atoms with Crippen LogP contribution < -0.4 is 15.5 Å². The van der Waals surface area contributed by atoms with Gasteiger partial charge in [0.15, 0.2) is 6.61 Å². The molecule has 1 amide bonds. The number of hydrogen-bond donors (Lipinski definition) is 1. The average Bonchev–Trinajstić information content (AvgIpc) is 3.09. The van der Waals surface area contributed by atoms with Crippen LogP contribution in [0.15, 0.2) is 45.8 Å². The monoisotopic (exact) mass is 362 g/mol. The van der Waals surface area contributed by atoms with Crippen LogP contribution in [-0.4, -0.2) is 30.5 Å². The number of ether oxygens (including phenoxy) is 1. The molecule has 3 rings (SSSR count). The lowest BCUT2D eigenvalue weighted by Crippen LogP contribution is -2.23. The van der Waals surface area contributed by atoms with Crippen LogP contribution in [-0.2, 0) is 11.3 Å². The average molecular weight is 363 g/mol. The van der Waals surface area contributed by atoms with E-state index in [1.54, 1.807) is 24.3 Å². The van der Waals surface area contributed by atoms with E-state index in [2.05, 4.69) is 10.2 Å². The zero-order valence-corrected chi connectivity index (χ0v) is 14.4. The minimum Gasteiger partial charge on any atom is -0.477 e. The van der Waals surface area contributed by atoms with E-state index in [-0.39, 0.29) is 17.8 Å². The number of nitrogens with one attached hydrogen (secondary N) is 1. The number of halogens is 1. The van der Waals surface area contributed by atoms with Gasteiger partial charge in [-0.15, -0.1) is 0 Å². The Morgan fingerprint density at radius 3 is 2.76 bits per heavy atom. The van der Waals surface area contributed by atoms with E-state index < -0.39 is 5.91 Å². The molecule has 1 saturated heterocycles. The molecule has 1 aliphatic rings. The van der Waals surface area contributed by atoms with Gasteiger partial charge in [0.1, 0.15) is 12.0 Å². The molecule has 2 heterocycles. The van der Waals surface area contributed by atoms with E-state index in [0.29, 0.717) is 23.0 Å². The Balaban J connectivity index is 1.55. The highest BCUT2D eigenvalue weighted by Crippen LogP contribution is 2.20. The van der Waals surface area contributed by atoms with Gasteiger partial charge < -0.3 is 14.5 Å². The molecule has 0 radical (unpaired) electrons. The molecule has 0 spiro atoms. The first kappa shape index (κ1) is 17.5. The molecule has 1 N–H and O–H groups in total. The Morgan fingerprint density at radius 1 is 1.28 bits per heavy atom. The first-order chi connectivity index (χ1) is 12.1. The van der Waals surface area contributed by atoms with Crippen LogP contribution in [0.4, 0.5) is 5.69 Å². The van der Waals surface area contributed by atoms with Crippen molar-refractivity contribution in [3.8, 4) is 5.75 Å². The lowest BCUT2D eigenvalue weighted by Gasteiger charge is -2.13. The molecule has 1 fully saturated rings. The molecule has 0 bridgehead atoms. The summed E-state index contributed by atoms with van der Waals surface area (Å²) in [5.41, 5.74) is 0.191. The number of carbonyl (C=O) groups excluding carboxylic acids is 1. The summed E-state index contributed by atoms with van der Waals surface area (Å²) in [4.78, 5) is 26.2. The van der Waals surface area contributed by atoms with Gasteiger partial charge in [-0.05, 0) is 38.1 Å². The predicted octanol–water partition coefficient (Wildman–Crippen LogP) is 2.91. The summed E-state index contributed by atoms with van der Waals surface area (Å²) in [6.45, 7) is 2.35. The number of carbonyl (C=O) groups is 1. The Morgan fingerprint density at radius 2 is 2.04 bits per heavy atom. The van der Waals surface area contributed by atoms with E-state index in [4.69, 9.17) is 20.8 Å². The lowest BCUT2D eigenvalue weighted by atomic mass is 10.3. The van der Waals surface area contributed by atoms with Gasteiger partial charge >= 0.3 is 0 Å². The van der Waals surface area contributed by atoms with Crippen LogP contribution >= 0.6 is 11.6 Å². The summed E-state index contributed by atoms with van der Waals surface area (Å²) >= 11 is 5.97. The van der Waals surface area contributed by atoms with Gasteiger partial charge in [-0.25, -0.2) is 0 Å². The van der Waals surface area contributed by atoms with Gasteiger partial charge in [0.2, 0.25) is 11.2 Å². The standard InChI is InChI=1S/C18H19ClN2O4/c19-14-5-1-2-6-15(14)20-18(23)12-25-17-11-24-13(9-16(17)22)10-21-7-3-4-8-21/h1-2,5-6,9,11H,3-4,7-8,10,12H2,(H,20,23). The van der Waals surface area contributed by atoms with Crippen molar-refractivity contribution in [3.05, 3.63) is 57.6 Å². The van der Waals surface area contributed by atoms with Gasteiger partial charge in [0.05, 0.1) is 17.3 Å². The fraction of sp³-hybridized carbons (Fsp3) is 0.333. The molecule has 0 aliphatic carbocycles. The molecule has 1 aliphatic heterocycles. The Kier molecular flexibility index (Phi) is 5.73. The van der Waals surface area contributed by atoms with Gasteiger partial charge in [-0.3, -0.25) is 14.5 Å². The second kappa shape index (κ2) is 8.18. The van der Waals surface area contributed by atoms with Gasteiger partial charge in [-0.2, -0.15) is 0 Å². The first-order valence-corrected chi connectivity index (χ1v) is 8.51. The molecule has 0 unspecified atom stereocenters. The number of likely N-dealkylation sites (tertiary alicyclic amines) is 1. The summed E-state index contributed by atoms with van der Waals surface area (Å²) < 4.78 is 10.7. The molecule has 2 aromatic rings. The summed E-state index contributed by atoms with van der Waals surface area (Å²) in [6, 6.07) is 8.30. The zero-order valence-electron chi connectivity index (χ0n) is 13.7. The Bertz CT molecular complexity index is 800. The summed E-state index contributed by atoms with van der Waals surface area (Å²) in [6.07, 6.45) is 3.61. The highest BCUT2D eigenvalue weighted by Gasteiger charge is 2.14. The van der Waals surface area contributed by atoms with Crippen LogP contribution in [0.1, 0.15) is 18.6 Å². The third-order valence-electron chi connectivity index (χ3n) is 3.94. The summed E-state index contributed by atoms with van der Waals surface area (Å²) in [5.74, 6) is 0.202. The zero-order chi connectivity index (χ0) is 17.6. The number of amides is 1. The molecule has 25 heavy (non-hydrogen) atoms. The van der Waals surface area contributed by atoms with Crippen LogP contribution in [0, 0.1) is 0 Å². The highest BCUT2D eigenvalue weighted by atomic mass is 35.5. The molecule has 0 atom stereocenters. The van der Waals surface area contributed by atoms with E-state index in [1.165, 1.54) is 25.2 Å². The minimum atomic E-state index is -0.409. The topological polar surface area (TPSA) is 71.8 Å². The largest absolute Gasteiger partial charge is 0.477 e. The van der Waals surface area contributed by atoms with Crippen LogP contribution in [0.5, 0.6) is 5.75 Å². The molecule has 1 aromatic carbocycles. The predicted molar refractivity (Wildman–Crippen MR) is 95.1 cm³/mol. The smallest absolute Gasteiger partial charge is 0.262 e. The second-order valence-electron chi connectivity index (χ2n) is 5.87. The van der Waals surface area contributed by atoms with Gasteiger partial charge in [-0.1, -0.05) is 23.7 Å². The Hall–Kier alpha value is -2.31. The quantitative estimate of drug-likeness (QED) is 0.855. The molecule has 6 nitrogen and oxygen atoms in total. The normalized spacial score (nSPS) is 14.4. The van der Waals surface area contributed by atoms with Crippen molar-refractivity contribution < 1.29 is 13.9 Å². The third kappa shape index (κ3) is 4.84. The minimum absolute atomic E-state index is 0.0134. The lowest BCUT2D eigenvalue weighted by molar-refractivity contribution is -0.118. The third-order valence-corrected chi connectivity index (χ3v) is 4.27. The number of para-hydroxylation sites is 1. The van der Waals surface area contributed by atoms with E-state index in [9.17, 15) is 9.59 Å². The molecule has 0 saturated carbocycles. The second-order valence-corrected chi connectivity index (χ2v) is 6.28. The van der Waals surface area contributed by atoms with Crippen molar-refractivity contribution in [3.63, 3.8) is 0 Å². The SMILES string of the molecule is O=C(COc1coc(CN2CCCC2)cc1=O)Nc1ccccc1Cl.